The fourth-order valence-electron chi connectivity index (χ4n) is 2.43. The molecule has 0 fully saturated rings. The molecule has 3 N–H and O–H groups in total. The van der Waals surface area contributed by atoms with Gasteiger partial charge in [-0.3, -0.25) is 4.79 Å². The fourth-order valence-corrected chi connectivity index (χ4v) is 3.14. The highest BCUT2D eigenvalue weighted by Crippen LogP contribution is 2.18. The van der Waals surface area contributed by atoms with E-state index >= 15 is 0 Å². The minimum Gasteiger partial charge on any atom is -0.363 e. The Morgan fingerprint density at radius 2 is 1.92 bits per heavy atom. The second-order valence-electron chi connectivity index (χ2n) is 5.91. The van der Waals surface area contributed by atoms with E-state index in [9.17, 15) is 4.79 Å². The van der Waals surface area contributed by atoms with E-state index in [4.69, 9.17) is 12.2 Å². The number of rotatable bonds is 8. The number of hydrogen-bond donors (Lipinski definition) is 3. The minimum absolute atomic E-state index is 0.0455. The quantitative estimate of drug-likeness (QED) is 0.468. The van der Waals surface area contributed by atoms with Crippen molar-refractivity contribution in [3.8, 4) is 0 Å². The molecule has 1 amide bonds. The summed E-state index contributed by atoms with van der Waals surface area (Å²) in [5.41, 5.74) is 2.47. The number of thiocarbonyl (C=S) groups is 1. The third kappa shape index (κ3) is 6.69. The number of benzene rings is 2. The zero-order valence-corrected chi connectivity index (χ0v) is 16.8. The summed E-state index contributed by atoms with van der Waals surface area (Å²) in [6.07, 6.45) is 3.18. The Morgan fingerprint density at radius 3 is 2.65 bits per heavy atom. The molecule has 0 aliphatic carbocycles. The van der Waals surface area contributed by atoms with Crippen molar-refractivity contribution in [3.63, 3.8) is 0 Å². The van der Waals surface area contributed by atoms with Crippen LogP contribution in [-0.2, 0) is 0 Å². The molecule has 0 saturated carbocycles. The number of carbonyl (C=O) groups excluding carboxylic acids is 1. The summed E-state index contributed by atoms with van der Waals surface area (Å²) in [5, 5.41) is 10.1. The number of anilines is 1. The Bertz CT molecular complexity index is 722. The van der Waals surface area contributed by atoms with Crippen molar-refractivity contribution in [3.05, 3.63) is 65.7 Å². The van der Waals surface area contributed by atoms with E-state index in [1.165, 1.54) is 0 Å². The average Bonchev–Trinajstić information content (AvgIpc) is 2.66. The van der Waals surface area contributed by atoms with Gasteiger partial charge in [-0.25, -0.2) is 0 Å². The summed E-state index contributed by atoms with van der Waals surface area (Å²) in [6.45, 7) is 2.92. The molecule has 2 rings (SSSR count). The Hall–Kier alpha value is -2.05. The van der Waals surface area contributed by atoms with Crippen LogP contribution >= 0.6 is 24.0 Å². The summed E-state index contributed by atoms with van der Waals surface area (Å²) in [6, 6.07) is 17.0. The largest absolute Gasteiger partial charge is 0.363 e. The summed E-state index contributed by atoms with van der Waals surface area (Å²) in [7, 11) is 0. The first kappa shape index (κ1) is 20.3. The third-order valence-electron chi connectivity index (χ3n) is 3.84. The van der Waals surface area contributed by atoms with Gasteiger partial charge < -0.3 is 16.0 Å². The number of carbonyl (C=O) groups is 1. The number of thioether (sulfide) groups is 1. The van der Waals surface area contributed by atoms with Crippen LogP contribution in [0.1, 0.15) is 35.3 Å². The molecule has 26 heavy (non-hydrogen) atoms. The van der Waals surface area contributed by atoms with Crippen molar-refractivity contribution in [2.45, 2.75) is 19.4 Å². The summed E-state index contributed by atoms with van der Waals surface area (Å²) < 4.78 is 0. The van der Waals surface area contributed by atoms with Gasteiger partial charge in [-0.2, -0.15) is 11.8 Å². The molecule has 0 spiro atoms. The lowest BCUT2D eigenvalue weighted by molar-refractivity contribution is 0.102. The number of amides is 1. The molecule has 1 atom stereocenters. The van der Waals surface area contributed by atoms with Gasteiger partial charge in [0.2, 0.25) is 0 Å². The van der Waals surface area contributed by atoms with Crippen molar-refractivity contribution >= 4 is 40.7 Å². The Balaban J connectivity index is 1.91. The maximum Gasteiger partial charge on any atom is 0.255 e. The summed E-state index contributed by atoms with van der Waals surface area (Å²) in [5.74, 6) is 1.00. The van der Waals surface area contributed by atoms with Crippen LogP contribution in [0.3, 0.4) is 0 Å². The molecule has 1 unspecified atom stereocenters. The number of hydrogen-bond acceptors (Lipinski definition) is 3. The van der Waals surface area contributed by atoms with Crippen molar-refractivity contribution in [1.82, 2.24) is 10.6 Å². The van der Waals surface area contributed by atoms with E-state index < -0.39 is 0 Å². The van der Waals surface area contributed by atoms with Gasteiger partial charge in [-0.1, -0.05) is 30.3 Å². The lowest BCUT2D eigenvalue weighted by Gasteiger charge is -2.18. The molecule has 138 valence electrons. The van der Waals surface area contributed by atoms with E-state index in [2.05, 4.69) is 22.2 Å². The SMILES string of the molecule is CSCCCNC(=S)NC(C)c1cccc(NC(=O)c2ccccc2)c1. The second kappa shape index (κ2) is 10.8. The highest BCUT2D eigenvalue weighted by atomic mass is 32.2. The van der Waals surface area contributed by atoms with Gasteiger partial charge in [0.05, 0.1) is 6.04 Å². The first-order valence-corrected chi connectivity index (χ1v) is 10.4. The zero-order valence-electron chi connectivity index (χ0n) is 15.1. The van der Waals surface area contributed by atoms with Gasteiger partial charge in [-0.05, 0) is 67.4 Å². The van der Waals surface area contributed by atoms with Gasteiger partial charge in [0, 0.05) is 17.8 Å². The van der Waals surface area contributed by atoms with Gasteiger partial charge in [-0.15, -0.1) is 0 Å². The molecule has 0 saturated heterocycles. The monoisotopic (exact) mass is 387 g/mol. The van der Waals surface area contributed by atoms with Crippen molar-refractivity contribution in [2.24, 2.45) is 0 Å². The third-order valence-corrected chi connectivity index (χ3v) is 4.80. The Labute approximate surface area is 165 Å². The maximum absolute atomic E-state index is 12.3. The van der Waals surface area contributed by atoms with Crippen LogP contribution in [0.4, 0.5) is 5.69 Å². The molecule has 0 heterocycles. The first-order chi connectivity index (χ1) is 12.6. The average molecular weight is 388 g/mol. The molecule has 6 heteroatoms. The summed E-state index contributed by atoms with van der Waals surface area (Å²) >= 11 is 7.18. The Kier molecular flexibility index (Phi) is 8.44. The van der Waals surface area contributed by atoms with Gasteiger partial charge in [0.15, 0.2) is 5.11 Å². The van der Waals surface area contributed by atoms with Crippen LogP contribution < -0.4 is 16.0 Å². The van der Waals surface area contributed by atoms with E-state index in [0.29, 0.717) is 10.7 Å². The number of nitrogens with one attached hydrogen (secondary N) is 3. The van der Waals surface area contributed by atoms with Crippen molar-refractivity contribution < 1.29 is 4.79 Å². The van der Waals surface area contributed by atoms with Crippen LogP contribution in [0.2, 0.25) is 0 Å². The lowest BCUT2D eigenvalue weighted by Crippen LogP contribution is -2.37. The molecule has 2 aromatic carbocycles. The zero-order chi connectivity index (χ0) is 18.8. The molecule has 0 aliphatic rings. The van der Waals surface area contributed by atoms with Crippen molar-refractivity contribution in [2.75, 3.05) is 23.9 Å². The molecule has 0 bridgehead atoms. The van der Waals surface area contributed by atoms with Gasteiger partial charge in [0.25, 0.3) is 5.91 Å². The van der Waals surface area contributed by atoms with E-state index in [-0.39, 0.29) is 11.9 Å². The molecule has 0 aliphatic heterocycles. The molecule has 0 radical (unpaired) electrons. The highest BCUT2D eigenvalue weighted by molar-refractivity contribution is 7.98. The Morgan fingerprint density at radius 1 is 1.15 bits per heavy atom. The smallest absolute Gasteiger partial charge is 0.255 e. The molecule has 0 aromatic heterocycles. The molecule has 2 aromatic rings. The van der Waals surface area contributed by atoms with Crippen LogP contribution in [0.25, 0.3) is 0 Å². The van der Waals surface area contributed by atoms with Gasteiger partial charge >= 0.3 is 0 Å². The van der Waals surface area contributed by atoms with Crippen molar-refractivity contribution in [1.29, 1.82) is 0 Å². The van der Waals surface area contributed by atoms with Crippen LogP contribution in [-0.4, -0.2) is 29.6 Å². The molecular weight excluding hydrogens is 362 g/mol. The van der Waals surface area contributed by atoms with Gasteiger partial charge in [0.1, 0.15) is 0 Å². The van der Waals surface area contributed by atoms with Crippen LogP contribution in [0.5, 0.6) is 0 Å². The van der Waals surface area contributed by atoms with Crippen LogP contribution in [0.15, 0.2) is 54.6 Å². The standard InChI is InChI=1S/C20H25N3OS2/c1-15(22-20(25)21-12-7-13-26-2)17-10-6-11-18(14-17)23-19(24)16-8-4-3-5-9-16/h3-6,8-11,14-15H,7,12-13H2,1-2H3,(H,23,24)(H2,21,22,25). The van der Waals surface area contributed by atoms with E-state index in [0.717, 1.165) is 30.0 Å². The molecular formula is C20H25N3OS2. The first-order valence-electron chi connectivity index (χ1n) is 8.60. The predicted molar refractivity (Wildman–Crippen MR) is 116 cm³/mol. The topological polar surface area (TPSA) is 53.2 Å². The predicted octanol–water partition coefficient (Wildman–Crippen LogP) is 4.22. The minimum atomic E-state index is -0.116. The van der Waals surface area contributed by atoms with E-state index in [1.807, 2.05) is 61.2 Å². The normalized spacial score (nSPS) is 11.5. The second-order valence-corrected chi connectivity index (χ2v) is 7.31. The van der Waals surface area contributed by atoms with Crippen LogP contribution in [0, 0.1) is 0 Å². The maximum atomic E-state index is 12.3. The fraction of sp³-hybridized carbons (Fsp3) is 0.300. The summed E-state index contributed by atoms with van der Waals surface area (Å²) in [4.78, 5) is 12.3. The highest BCUT2D eigenvalue weighted by Gasteiger charge is 2.09. The lowest BCUT2D eigenvalue weighted by atomic mass is 10.1. The molecule has 4 nitrogen and oxygen atoms in total. The van der Waals surface area contributed by atoms with E-state index in [1.54, 1.807) is 12.1 Å².